The lowest BCUT2D eigenvalue weighted by Crippen LogP contribution is -2.50. The van der Waals surface area contributed by atoms with E-state index in [0.717, 1.165) is 10.9 Å². The van der Waals surface area contributed by atoms with Crippen molar-refractivity contribution < 1.29 is 9.59 Å². The van der Waals surface area contributed by atoms with Crippen LogP contribution in [-0.4, -0.2) is 57.8 Å². The van der Waals surface area contributed by atoms with Gasteiger partial charge in [0.05, 0.1) is 5.56 Å². The normalized spacial score (nSPS) is 14.7. The molecule has 6 nitrogen and oxygen atoms in total. The molecular weight excluding hydrogens is 316 g/mol. The average Bonchev–Trinajstić information content (AvgIpc) is 3.12. The zero-order valence-electron chi connectivity index (χ0n) is 13.7. The fourth-order valence-electron chi connectivity index (χ4n) is 3.14. The molecular formula is C19H18N4O2. The highest BCUT2D eigenvalue weighted by atomic mass is 16.2. The second-order valence-electron chi connectivity index (χ2n) is 6.10. The SMILES string of the molecule is O=C(c1cccnc1)N1CCN(C(=O)c2cc3ccccc3[nH]2)CC1. The number of hydrogen-bond donors (Lipinski definition) is 1. The van der Waals surface area contributed by atoms with Crippen LogP contribution in [0.2, 0.25) is 0 Å². The van der Waals surface area contributed by atoms with Crippen LogP contribution in [0.15, 0.2) is 54.9 Å². The van der Waals surface area contributed by atoms with E-state index in [2.05, 4.69) is 9.97 Å². The molecule has 0 saturated carbocycles. The molecule has 0 aliphatic carbocycles. The second-order valence-corrected chi connectivity index (χ2v) is 6.10. The third kappa shape index (κ3) is 2.98. The van der Waals surface area contributed by atoms with Gasteiger partial charge < -0.3 is 14.8 Å². The van der Waals surface area contributed by atoms with Gasteiger partial charge in [0.15, 0.2) is 0 Å². The molecule has 1 saturated heterocycles. The van der Waals surface area contributed by atoms with Gasteiger partial charge in [0.2, 0.25) is 0 Å². The summed E-state index contributed by atoms with van der Waals surface area (Å²) in [4.78, 5) is 35.9. The topological polar surface area (TPSA) is 69.3 Å². The molecule has 3 aromatic rings. The third-order valence-corrected chi connectivity index (χ3v) is 4.52. The molecule has 0 spiro atoms. The largest absolute Gasteiger partial charge is 0.351 e. The number of aromatic amines is 1. The molecule has 1 fully saturated rings. The number of pyridine rings is 1. The Hall–Kier alpha value is -3.15. The standard InChI is InChI=1S/C19H18N4O2/c24-18(15-5-3-7-20-13-15)22-8-10-23(11-9-22)19(25)17-12-14-4-1-2-6-16(14)21-17/h1-7,12-13,21H,8-11H2. The number of carbonyl (C=O) groups is 2. The Kier molecular flexibility index (Phi) is 3.93. The van der Waals surface area contributed by atoms with Crippen molar-refractivity contribution in [3.8, 4) is 0 Å². The Morgan fingerprint density at radius 3 is 2.32 bits per heavy atom. The molecule has 3 heterocycles. The van der Waals surface area contributed by atoms with E-state index in [4.69, 9.17) is 0 Å². The lowest BCUT2D eigenvalue weighted by molar-refractivity contribution is 0.0532. The van der Waals surface area contributed by atoms with Crippen LogP contribution in [-0.2, 0) is 0 Å². The first-order valence-electron chi connectivity index (χ1n) is 8.29. The summed E-state index contributed by atoms with van der Waals surface area (Å²) in [5, 5.41) is 1.02. The fraction of sp³-hybridized carbons (Fsp3) is 0.211. The number of nitrogens with one attached hydrogen (secondary N) is 1. The van der Waals surface area contributed by atoms with Gasteiger partial charge in [-0.3, -0.25) is 14.6 Å². The average molecular weight is 334 g/mol. The van der Waals surface area contributed by atoms with Crippen LogP contribution < -0.4 is 0 Å². The van der Waals surface area contributed by atoms with E-state index < -0.39 is 0 Å². The Balaban J connectivity index is 1.43. The van der Waals surface area contributed by atoms with Crippen molar-refractivity contribution in [2.45, 2.75) is 0 Å². The van der Waals surface area contributed by atoms with Crippen LogP contribution in [0.3, 0.4) is 0 Å². The smallest absolute Gasteiger partial charge is 0.270 e. The number of aromatic nitrogens is 2. The van der Waals surface area contributed by atoms with Crippen molar-refractivity contribution in [1.29, 1.82) is 0 Å². The number of amides is 2. The van der Waals surface area contributed by atoms with Crippen LogP contribution >= 0.6 is 0 Å². The number of rotatable bonds is 2. The summed E-state index contributed by atoms with van der Waals surface area (Å²) < 4.78 is 0. The van der Waals surface area contributed by atoms with Gasteiger partial charge >= 0.3 is 0 Å². The Morgan fingerprint density at radius 2 is 1.64 bits per heavy atom. The van der Waals surface area contributed by atoms with Gasteiger partial charge in [-0.15, -0.1) is 0 Å². The molecule has 4 rings (SSSR count). The van der Waals surface area contributed by atoms with E-state index in [-0.39, 0.29) is 11.8 Å². The molecule has 0 unspecified atom stereocenters. The van der Waals surface area contributed by atoms with Gasteiger partial charge in [0, 0.05) is 49.5 Å². The number of H-pyrrole nitrogens is 1. The minimum Gasteiger partial charge on any atom is -0.351 e. The minimum absolute atomic E-state index is 0.0234. The molecule has 6 heteroatoms. The monoisotopic (exact) mass is 334 g/mol. The van der Waals surface area contributed by atoms with Crippen molar-refractivity contribution in [3.05, 3.63) is 66.1 Å². The number of carbonyl (C=O) groups excluding carboxylic acids is 2. The van der Waals surface area contributed by atoms with Crippen LogP contribution in [0, 0.1) is 0 Å². The Labute approximate surface area is 145 Å². The molecule has 0 atom stereocenters. The van der Waals surface area contributed by atoms with Crippen LogP contribution in [0.25, 0.3) is 10.9 Å². The molecule has 2 amide bonds. The quantitative estimate of drug-likeness (QED) is 0.781. The maximum Gasteiger partial charge on any atom is 0.270 e. The zero-order chi connectivity index (χ0) is 17.2. The van der Waals surface area contributed by atoms with Crippen molar-refractivity contribution in [2.24, 2.45) is 0 Å². The van der Waals surface area contributed by atoms with Gasteiger partial charge in [-0.25, -0.2) is 0 Å². The molecule has 2 aromatic heterocycles. The van der Waals surface area contributed by atoms with E-state index in [9.17, 15) is 9.59 Å². The molecule has 0 radical (unpaired) electrons. The number of piperazine rings is 1. The number of hydrogen-bond acceptors (Lipinski definition) is 3. The number of para-hydroxylation sites is 1. The molecule has 1 aliphatic heterocycles. The number of benzene rings is 1. The lowest BCUT2D eigenvalue weighted by atomic mass is 10.2. The Morgan fingerprint density at radius 1 is 0.920 bits per heavy atom. The van der Waals surface area contributed by atoms with Crippen LogP contribution in [0.4, 0.5) is 0 Å². The van der Waals surface area contributed by atoms with Gasteiger partial charge in [-0.2, -0.15) is 0 Å². The highest BCUT2D eigenvalue weighted by Crippen LogP contribution is 2.17. The van der Waals surface area contributed by atoms with Crippen molar-refractivity contribution >= 4 is 22.7 Å². The summed E-state index contributed by atoms with van der Waals surface area (Å²) in [7, 11) is 0. The molecule has 126 valence electrons. The van der Waals surface area contributed by atoms with Gasteiger partial charge in [0.1, 0.15) is 5.69 Å². The van der Waals surface area contributed by atoms with E-state index in [0.29, 0.717) is 37.4 Å². The highest BCUT2D eigenvalue weighted by Gasteiger charge is 2.26. The van der Waals surface area contributed by atoms with Crippen LogP contribution in [0.1, 0.15) is 20.8 Å². The summed E-state index contributed by atoms with van der Waals surface area (Å²) in [6, 6.07) is 13.2. The van der Waals surface area contributed by atoms with Crippen molar-refractivity contribution in [2.75, 3.05) is 26.2 Å². The third-order valence-electron chi connectivity index (χ3n) is 4.52. The lowest BCUT2D eigenvalue weighted by Gasteiger charge is -2.34. The summed E-state index contributed by atoms with van der Waals surface area (Å²) in [5.41, 5.74) is 2.13. The summed E-state index contributed by atoms with van der Waals surface area (Å²) in [6.07, 6.45) is 3.22. The second kappa shape index (κ2) is 6.39. The fourth-order valence-corrected chi connectivity index (χ4v) is 3.14. The molecule has 25 heavy (non-hydrogen) atoms. The van der Waals surface area contributed by atoms with E-state index in [1.54, 1.807) is 34.3 Å². The molecule has 0 bridgehead atoms. The van der Waals surface area contributed by atoms with Crippen LogP contribution in [0.5, 0.6) is 0 Å². The minimum atomic E-state index is -0.0363. The first-order valence-corrected chi connectivity index (χ1v) is 8.29. The highest BCUT2D eigenvalue weighted by molar-refractivity contribution is 5.98. The van der Waals surface area contributed by atoms with Gasteiger partial charge in [-0.05, 0) is 24.3 Å². The predicted octanol–water partition coefficient (Wildman–Crippen LogP) is 2.16. The predicted molar refractivity (Wildman–Crippen MR) is 94.3 cm³/mol. The van der Waals surface area contributed by atoms with E-state index in [1.165, 1.54) is 0 Å². The maximum atomic E-state index is 12.7. The summed E-state index contributed by atoms with van der Waals surface area (Å²) in [6.45, 7) is 2.11. The van der Waals surface area contributed by atoms with Gasteiger partial charge in [-0.1, -0.05) is 18.2 Å². The van der Waals surface area contributed by atoms with E-state index >= 15 is 0 Å². The first-order chi connectivity index (χ1) is 12.2. The molecule has 1 aliphatic rings. The van der Waals surface area contributed by atoms with Crippen molar-refractivity contribution in [1.82, 2.24) is 19.8 Å². The summed E-state index contributed by atoms with van der Waals surface area (Å²) >= 11 is 0. The zero-order valence-corrected chi connectivity index (χ0v) is 13.7. The first kappa shape index (κ1) is 15.4. The van der Waals surface area contributed by atoms with Crippen molar-refractivity contribution in [3.63, 3.8) is 0 Å². The Bertz CT molecular complexity index is 878. The van der Waals surface area contributed by atoms with E-state index in [1.807, 2.05) is 30.3 Å². The maximum absolute atomic E-state index is 12.7. The molecule has 1 aromatic carbocycles. The number of fused-ring (bicyclic) bond motifs is 1. The molecule has 1 N–H and O–H groups in total. The summed E-state index contributed by atoms with van der Waals surface area (Å²) in [5.74, 6) is -0.0597. The number of nitrogens with zero attached hydrogens (tertiary/aromatic N) is 3. The van der Waals surface area contributed by atoms with Gasteiger partial charge in [0.25, 0.3) is 11.8 Å².